The van der Waals surface area contributed by atoms with Gasteiger partial charge < -0.3 is 9.64 Å². The lowest BCUT2D eigenvalue weighted by Crippen LogP contribution is -2.69. The van der Waals surface area contributed by atoms with Crippen LogP contribution in [0.2, 0.25) is 0 Å². The molecule has 1 aliphatic carbocycles. The van der Waals surface area contributed by atoms with Crippen molar-refractivity contribution in [2.75, 3.05) is 0 Å². The average molecular weight is 223 g/mol. The highest BCUT2D eigenvalue weighted by molar-refractivity contribution is 5.90. The Morgan fingerprint density at radius 2 is 2.00 bits per heavy atom. The number of nitrogens with zero attached hydrogens (tertiary/aromatic N) is 1. The third-order valence-electron chi connectivity index (χ3n) is 4.29. The van der Waals surface area contributed by atoms with Crippen LogP contribution in [0.5, 0.6) is 0 Å². The standard InChI is InChI=1S/C13H21NO2/c1-7(2)9-10(16-9)11-13(3,4)12(15)14(11)8-5-6-8/h7-11H,5-6H2,1-4H3/t9-,10+,11-/m0/s1. The van der Waals surface area contributed by atoms with Gasteiger partial charge in [0.2, 0.25) is 5.91 Å². The summed E-state index contributed by atoms with van der Waals surface area (Å²) in [5.41, 5.74) is -0.198. The minimum atomic E-state index is -0.198. The molecule has 1 amide bonds. The van der Waals surface area contributed by atoms with Crippen molar-refractivity contribution in [1.29, 1.82) is 0 Å². The Labute approximate surface area is 97.1 Å². The predicted octanol–water partition coefficient (Wildman–Crippen LogP) is 1.81. The molecule has 0 N–H and O–H groups in total. The first kappa shape index (κ1) is 10.6. The van der Waals surface area contributed by atoms with Gasteiger partial charge in [-0.15, -0.1) is 0 Å². The molecule has 1 saturated carbocycles. The van der Waals surface area contributed by atoms with Crippen molar-refractivity contribution in [2.45, 2.75) is 64.8 Å². The fourth-order valence-electron chi connectivity index (χ4n) is 3.11. The van der Waals surface area contributed by atoms with Crippen LogP contribution in [0.25, 0.3) is 0 Å². The second-order valence-corrected chi connectivity index (χ2v) is 6.42. The summed E-state index contributed by atoms with van der Waals surface area (Å²) in [6.07, 6.45) is 3.06. The van der Waals surface area contributed by atoms with Crippen LogP contribution in [0.4, 0.5) is 0 Å². The van der Waals surface area contributed by atoms with E-state index in [1.807, 2.05) is 0 Å². The lowest BCUT2D eigenvalue weighted by molar-refractivity contribution is -0.171. The smallest absolute Gasteiger partial charge is 0.231 e. The fraction of sp³-hybridized carbons (Fsp3) is 0.923. The Morgan fingerprint density at radius 1 is 1.38 bits per heavy atom. The van der Waals surface area contributed by atoms with Crippen LogP contribution in [0.3, 0.4) is 0 Å². The quantitative estimate of drug-likeness (QED) is 0.540. The van der Waals surface area contributed by atoms with E-state index < -0.39 is 0 Å². The van der Waals surface area contributed by atoms with E-state index in [2.05, 4.69) is 32.6 Å². The van der Waals surface area contributed by atoms with Crippen molar-refractivity contribution in [1.82, 2.24) is 4.90 Å². The number of hydrogen-bond acceptors (Lipinski definition) is 2. The number of epoxide rings is 1. The van der Waals surface area contributed by atoms with Gasteiger partial charge in [0.25, 0.3) is 0 Å². The molecule has 90 valence electrons. The van der Waals surface area contributed by atoms with Crippen LogP contribution in [0.15, 0.2) is 0 Å². The first-order chi connectivity index (χ1) is 7.44. The first-order valence-electron chi connectivity index (χ1n) is 6.43. The third kappa shape index (κ3) is 1.27. The maximum Gasteiger partial charge on any atom is 0.231 e. The summed E-state index contributed by atoms with van der Waals surface area (Å²) < 4.78 is 5.78. The molecular weight excluding hydrogens is 202 g/mol. The number of β-lactam (4-membered cyclic amide) rings is 1. The van der Waals surface area contributed by atoms with Gasteiger partial charge in [0.1, 0.15) is 6.10 Å². The summed E-state index contributed by atoms with van der Waals surface area (Å²) in [4.78, 5) is 14.2. The van der Waals surface area contributed by atoms with Crippen LogP contribution in [0.1, 0.15) is 40.5 Å². The summed E-state index contributed by atoms with van der Waals surface area (Å²) in [7, 11) is 0. The van der Waals surface area contributed by atoms with Crippen molar-refractivity contribution in [3.63, 3.8) is 0 Å². The Hall–Kier alpha value is -0.570. The Morgan fingerprint density at radius 3 is 2.44 bits per heavy atom. The molecule has 0 bridgehead atoms. The van der Waals surface area contributed by atoms with E-state index in [-0.39, 0.29) is 5.41 Å². The van der Waals surface area contributed by atoms with E-state index in [0.29, 0.717) is 36.1 Å². The van der Waals surface area contributed by atoms with Crippen molar-refractivity contribution in [3.05, 3.63) is 0 Å². The van der Waals surface area contributed by atoms with Gasteiger partial charge in [-0.3, -0.25) is 4.79 Å². The SMILES string of the molecule is CC(C)[C@@H]1O[C@H]1[C@@H]1N(C2CC2)C(=O)C1(C)C. The minimum absolute atomic E-state index is 0.198. The number of carbonyl (C=O) groups is 1. The topological polar surface area (TPSA) is 32.8 Å². The summed E-state index contributed by atoms with van der Waals surface area (Å²) in [6.45, 7) is 8.52. The zero-order valence-electron chi connectivity index (χ0n) is 10.6. The maximum absolute atomic E-state index is 12.1. The molecule has 0 aromatic carbocycles. The van der Waals surface area contributed by atoms with E-state index in [1.165, 1.54) is 12.8 Å². The van der Waals surface area contributed by atoms with Crippen LogP contribution in [0, 0.1) is 11.3 Å². The van der Waals surface area contributed by atoms with Crippen molar-refractivity contribution in [3.8, 4) is 0 Å². The van der Waals surface area contributed by atoms with Crippen molar-refractivity contribution in [2.24, 2.45) is 11.3 Å². The number of ether oxygens (including phenoxy) is 1. The molecule has 3 rings (SSSR count). The summed E-state index contributed by atoms with van der Waals surface area (Å²) in [5, 5.41) is 0. The molecule has 0 spiro atoms. The van der Waals surface area contributed by atoms with Crippen LogP contribution >= 0.6 is 0 Å². The van der Waals surface area contributed by atoms with E-state index in [0.717, 1.165) is 0 Å². The first-order valence-corrected chi connectivity index (χ1v) is 6.43. The highest BCUT2D eigenvalue weighted by Crippen LogP contribution is 2.52. The summed E-state index contributed by atoms with van der Waals surface area (Å²) in [5.74, 6) is 0.899. The molecule has 0 aromatic heterocycles. The van der Waals surface area contributed by atoms with Crippen molar-refractivity contribution < 1.29 is 9.53 Å². The second kappa shape index (κ2) is 3.00. The van der Waals surface area contributed by atoms with Gasteiger partial charge in [-0.1, -0.05) is 13.8 Å². The van der Waals surface area contributed by atoms with Crippen LogP contribution in [-0.4, -0.2) is 35.1 Å². The average Bonchev–Trinajstić information content (AvgIpc) is 3.05. The molecule has 3 aliphatic rings. The van der Waals surface area contributed by atoms with Crippen molar-refractivity contribution >= 4 is 5.91 Å². The summed E-state index contributed by atoms with van der Waals surface area (Å²) in [6, 6.07) is 0.863. The molecule has 0 unspecified atom stereocenters. The highest BCUT2D eigenvalue weighted by atomic mass is 16.6. The van der Waals surface area contributed by atoms with Gasteiger partial charge in [-0.25, -0.2) is 0 Å². The molecule has 2 heterocycles. The molecular formula is C13H21NO2. The zero-order valence-corrected chi connectivity index (χ0v) is 10.6. The largest absolute Gasteiger partial charge is 0.367 e. The maximum atomic E-state index is 12.1. The van der Waals surface area contributed by atoms with E-state index in [4.69, 9.17) is 4.74 Å². The highest BCUT2D eigenvalue weighted by Gasteiger charge is 2.66. The van der Waals surface area contributed by atoms with E-state index in [9.17, 15) is 4.79 Å². The molecule has 3 nitrogen and oxygen atoms in total. The Bertz CT molecular complexity index is 333. The zero-order chi connectivity index (χ0) is 11.7. The molecule has 16 heavy (non-hydrogen) atoms. The normalized spacial score (nSPS) is 41.2. The van der Waals surface area contributed by atoms with Crippen LogP contribution < -0.4 is 0 Å². The molecule has 3 atom stereocenters. The van der Waals surface area contributed by atoms with Gasteiger partial charge >= 0.3 is 0 Å². The van der Waals surface area contributed by atoms with Gasteiger partial charge in [0.05, 0.1) is 17.6 Å². The van der Waals surface area contributed by atoms with E-state index >= 15 is 0 Å². The molecule has 3 heteroatoms. The van der Waals surface area contributed by atoms with Crippen LogP contribution in [-0.2, 0) is 9.53 Å². The number of likely N-dealkylation sites (tertiary alicyclic amines) is 1. The Kier molecular flexibility index (Phi) is 1.99. The van der Waals surface area contributed by atoms with E-state index in [1.54, 1.807) is 0 Å². The van der Waals surface area contributed by atoms with Gasteiger partial charge in [-0.2, -0.15) is 0 Å². The monoisotopic (exact) mass is 223 g/mol. The molecule has 0 radical (unpaired) electrons. The lowest BCUT2D eigenvalue weighted by atomic mass is 9.71. The molecule has 0 aromatic rings. The summed E-state index contributed by atoms with van der Waals surface area (Å²) >= 11 is 0. The van der Waals surface area contributed by atoms with Gasteiger partial charge in [-0.05, 0) is 32.6 Å². The number of amides is 1. The number of carbonyl (C=O) groups excluding carboxylic acids is 1. The minimum Gasteiger partial charge on any atom is -0.367 e. The fourth-order valence-corrected chi connectivity index (χ4v) is 3.11. The molecule has 3 fully saturated rings. The number of hydrogen-bond donors (Lipinski definition) is 0. The van der Waals surface area contributed by atoms with Gasteiger partial charge in [0.15, 0.2) is 0 Å². The Balaban J connectivity index is 1.75. The number of rotatable bonds is 3. The molecule has 2 aliphatic heterocycles. The van der Waals surface area contributed by atoms with Gasteiger partial charge in [0, 0.05) is 6.04 Å². The lowest BCUT2D eigenvalue weighted by Gasteiger charge is -2.53. The second-order valence-electron chi connectivity index (χ2n) is 6.42. The third-order valence-corrected chi connectivity index (χ3v) is 4.29. The molecule has 2 saturated heterocycles. The predicted molar refractivity (Wildman–Crippen MR) is 60.9 cm³/mol.